The van der Waals surface area contributed by atoms with Crippen molar-refractivity contribution >= 4 is 0 Å². The van der Waals surface area contributed by atoms with Crippen molar-refractivity contribution in [3.8, 4) is 11.5 Å². The molecule has 0 unspecified atom stereocenters. The molecule has 0 amide bonds. The van der Waals surface area contributed by atoms with Gasteiger partial charge in [0.15, 0.2) is 11.5 Å². The molecule has 3 N–H and O–H groups in total. The minimum Gasteiger partial charge on any atom is -0.454 e. The molecule has 0 spiro atoms. The van der Waals surface area contributed by atoms with Crippen molar-refractivity contribution in [2.24, 2.45) is 0 Å². The average molecular weight is 180 g/mol. The van der Waals surface area contributed by atoms with Crippen LogP contribution in [-0.4, -0.2) is 12.8 Å². The SMILES string of the molecule is C[C@H]([NH3+])Cc1ccc2c(c1)OCO2. The first-order chi connectivity index (χ1) is 6.25. The van der Waals surface area contributed by atoms with E-state index in [9.17, 15) is 0 Å². The second-order valence-electron chi connectivity index (χ2n) is 3.50. The molecule has 1 aliphatic rings. The zero-order valence-electron chi connectivity index (χ0n) is 7.75. The van der Waals surface area contributed by atoms with Gasteiger partial charge in [0.25, 0.3) is 0 Å². The molecule has 0 saturated heterocycles. The third kappa shape index (κ3) is 1.75. The van der Waals surface area contributed by atoms with E-state index < -0.39 is 0 Å². The van der Waals surface area contributed by atoms with E-state index in [2.05, 4.69) is 18.7 Å². The first-order valence-corrected chi connectivity index (χ1v) is 4.47. The van der Waals surface area contributed by atoms with Crippen LogP contribution in [-0.2, 0) is 6.42 Å². The monoisotopic (exact) mass is 180 g/mol. The Labute approximate surface area is 77.5 Å². The highest BCUT2D eigenvalue weighted by Gasteiger charge is 2.13. The van der Waals surface area contributed by atoms with Crippen molar-refractivity contribution in [1.82, 2.24) is 0 Å². The standard InChI is InChI=1S/C10H13NO2/c1-7(11)4-8-2-3-9-10(5-8)13-6-12-9/h2-3,5,7H,4,6,11H2,1H3/p+1/t7-/m0/s1. The van der Waals surface area contributed by atoms with Crippen LogP contribution in [0, 0.1) is 0 Å². The van der Waals surface area contributed by atoms with Gasteiger partial charge >= 0.3 is 0 Å². The molecule has 2 rings (SSSR count). The summed E-state index contributed by atoms with van der Waals surface area (Å²) in [5, 5.41) is 0. The molecule has 3 nitrogen and oxygen atoms in total. The third-order valence-corrected chi connectivity index (χ3v) is 2.02. The maximum atomic E-state index is 5.28. The van der Waals surface area contributed by atoms with E-state index in [1.54, 1.807) is 0 Å². The number of quaternary nitrogens is 1. The summed E-state index contributed by atoms with van der Waals surface area (Å²) in [6, 6.07) is 6.49. The summed E-state index contributed by atoms with van der Waals surface area (Å²) in [4.78, 5) is 0. The quantitative estimate of drug-likeness (QED) is 0.724. The lowest BCUT2D eigenvalue weighted by atomic mass is 10.1. The molecule has 1 heterocycles. The summed E-state index contributed by atoms with van der Waals surface area (Å²) < 4.78 is 10.5. The van der Waals surface area contributed by atoms with Gasteiger partial charge < -0.3 is 15.2 Å². The molecule has 70 valence electrons. The first-order valence-electron chi connectivity index (χ1n) is 4.47. The largest absolute Gasteiger partial charge is 0.454 e. The van der Waals surface area contributed by atoms with Crippen molar-refractivity contribution in [1.29, 1.82) is 0 Å². The number of benzene rings is 1. The molecular formula is C10H14NO2+. The van der Waals surface area contributed by atoms with Crippen molar-refractivity contribution in [2.75, 3.05) is 6.79 Å². The predicted octanol–water partition coefficient (Wildman–Crippen LogP) is 0.588. The molecule has 3 heteroatoms. The lowest BCUT2D eigenvalue weighted by Gasteiger charge is -2.03. The number of ether oxygens (including phenoxy) is 2. The molecule has 0 saturated carbocycles. The highest BCUT2D eigenvalue weighted by Crippen LogP contribution is 2.32. The number of rotatable bonds is 2. The Morgan fingerprint density at radius 3 is 2.92 bits per heavy atom. The van der Waals surface area contributed by atoms with Crippen LogP contribution in [0.25, 0.3) is 0 Å². The summed E-state index contributed by atoms with van der Waals surface area (Å²) in [6.07, 6.45) is 0.983. The van der Waals surface area contributed by atoms with Gasteiger partial charge in [-0.2, -0.15) is 0 Å². The van der Waals surface area contributed by atoms with Gasteiger partial charge in [-0.15, -0.1) is 0 Å². The first kappa shape index (κ1) is 8.38. The van der Waals surface area contributed by atoms with E-state index in [4.69, 9.17) is 9.47 Å². The fraction of sp³-hybridized carbons (Fsp3) is 0.400. The fourth-order valence-electron chi connectivity index (χ4n) is 1.47. The number of hydrogen-bond acceptors (Lipinski definition) is 2. The highest BCUT2D eigenvalue weighted by molar-refractivity contribution is 5.44. The fourth-order valence-corrected chi connectivity index (χ4v) is 1.47. The van der Waals surface area contributed by atoms with Crippen molar-refractivity contribution in [2.45, 2.75) is 19.4 Å². The Morgan fingerprint density at radius 2 is 2.15 bits per heavy atom. The van der Waals surface area contributed by atoms with Gasteiger partial charge in [-0.1, -0.05) is 6.07 Å². The summed E-state index contributed by atoms with van der Waals surface area (Å²) >= 11 is 0. The molecular weight excluding hydrogens is 166 g/mol. The van der Waals surface area contributed by atoms with Crippen molar-refractivity contribution < 1.29 is 15.2 Å². The van der Waals surface area contributed by atoms with Gasteiger partial charge in [-0.25, -0.2) is 0 Å². The van der Waals surface area contributed by atoms with E-state index >= 15 is 0 Å². The lowest BCUT2D eigenvalue weighted by molar-refractivity contribution is -0.413. The molecule has 0 bridgehead atoms. The van der Waals surface area contributed by atoms with E-state index in [1.165, 1.54) is 5.56 Å². The maximum absolute atomic E-state index is 5.28. The molecule has 13 heavy (non-hydrogen) atoms. The summed E-state index contributed by atoms with van der Waals surface area (Å²) in [6.45, 7) is 2.45. The van der Waals surface area contributed by atoms with Gasteiger partial charge in [-0.05, 0) is 24.6 Å². The lowest BCUT2D eigenvalue weighted by Crippen LogP contribution is -2.60. The second-order valence-corrected chi connectivity index (χ2v) is 3.50. The summed E-state index contributed by atoms with van der Waals surface area (Å²) in [5.41, 5.74) is 5.21. The number of fused-ring (bicyclic) bond motifs is 1. The summed E-state index contributed by atoms with van der Waals surface area (Å²) in [7, 11) is 0. The maximum Gasteiger partial charge on any atom is 0.231 e. The van der Waals surface area contributed by atoms with Gasteiger partial charge in [0.2, 0.25) is 6.79 Å². The Morgan fingerprint density at radius 1 is 1.38 bits per heavy atom. The van der Waals surface area contributed by atoms with Crippen LogP contribution in [0.2, 0.25) is 0 Å². The normalized spacial score (nSPS) is 15.8. The van der Waals surface area contributed by atoms with Gasteiger partial charge in [0.1, 0.15) is 0 Å². The van der Waals surface area contributed by atoms with Crippen LogP contribution in [0.1, 0.15) is 12.5 Å². The molecule has 0 fully saturated rings. The minimum absolute atomic E-state index is 0.346. The van der Waals surface area contributed by atoms with Crippen molar-refractivity contribution in [3.63, 3.8) is 0 Å². The zero-order valence-corrected chi connectivity index (χ0v) is 7.75. The minimum atomic E-state index is 0.346. The predicted molar refractivity (Wildman–Crippen MR) is 48.6 cm³/mol. The van der Waals surface area contributed by atoms with E-state index in [1.807, 2.05) is 12.1 Å². The van der Waals surface area contributed by atoms with Crippen LogP contribution in [0.3, 0.4) is 0 Å². The Hall–Kier alpha value is -1.22. The van der Waals surface area contributed by atoms with Crippen LogP contribution in [0.5, 0.6) is 11.5 Å². The topological polar surface area (TPSA) is 46.1 Å². The van der Waals surface area contributed by atoms with E-state index in [0.29, 0.717) is 12.8 Å². The Bertz CT molecular complexity index is 310. The van der Waals surface area contributed by atoms with Crippen LogP contribution in [0.15, 0.2) is 18.2 Å². The van der Waals surface area contributed by atoms with Gasteiger partial charge in [-0.3, -0.25) is 0 Å². The van der Waals surface area contributed by atoms with Crippen LogP contribution < -0.4 is 15.2 Å². The smallest absolute Gasteiger partial charge is 0.231 e. The highest BCUT2D eigenvalue weighted by atomic mass is 16.7. The molecule has 1 aliphatic heterocycles. The van der Waals surface area contributed by atoms with E-state index in [0.717, 1.165) is 17.9 Å². The zero-order chi connectivity index (χ0) is 9.26. The third-order valence-electron chi connectivity index (χ3n) is 2.02. The summed E-state index contributed by atoms with van der Waals surface area (Å²) in [5.74, 6) is 1.71. The van der Waals surface area contributed by atoms with Crippen molar-refractivity contribution in [3.05, 3.63) is 23.8 Å². The molecule has 1 atom stereocenters. The molecule has 1 aromatic carbocycles. The second kappa shape index (κ2) is 3.26. The molecule has 1 aromatic rings. The molecule has 0 aromatic heterocycles. The van der Waals surface area contributed by atoms with Crippen LogP contribution >= 0.6 is 0 Å². The van der Waals surface area contributed by atoms with Gasteiger partial charge in [0.05, 0.1) is 6.04 Å². The van der Waals surface area contributed by atoms with Crippen LogP contribution in [0.4, 0.5) is 0 Å². The number of hydrogen-bond donors (Lipinski definition) is 1. The molecule has 0 radical (unpaired) electrons. The average Bonchev–Trinajstić information content (AvgIpc) is 2.49. The van der Waals surface area contributed by atoms with E-state index in [-0.39, 0.29) is 0 Å². The Kier molecular flexibility index (Phi) is 2.10. The molecule has 0 aliphatic carbocycles. The van der Waals surface area contributed by atoms with Gasteiger partial charge in [0, 0.05) is 6.42 Å². The Balaban J connectivity index is 2.21.